The van der Waals surface area contributed by atoms with Crippen molar-refractivity contribution in [3.05, 3.63) is 65.0 Å². The number of piperidine rings is 1. The van der Waals surface area contributed by atoms with Gasteiger partial charge in [-0.25, -0.2) is 4.39 Å². The number of aliphatic hydroxyl groups is 2. The molecule has 1 atom stereocenters. The lowest BCUT2D eigenvalue weighted by Crippen LogP contribution is -2.44. The average molecular weight is 413 g/mol. The number of anilines is 1. The van der Waals surface area contributed by atoms with Crippen LogP contribution in [0.15, 0.2) is 42.5 Å². The largest absolute Gasteiger partial charge is 0.387 e. The lowest BCUT2D eigenvalue weighted by molar-refractivity contribution is -0.116. The van der Waals surface area contributed by atoms with Gasteiger partial charge in [0.2, 0.25) is 5.91 Å². The van der Waals surface area contributed by atoms with Crippen LogP contribution >= 0.6 is 0 Å². The monoisotopic (exact) mass is 412 g/mol. The summed E-state index contributed by atoms with van der Waals surface area (Å²) in [4.78, 5) is 15.8. The highest BCUT2D eigenvalue weighted by Gasteiger charge is 2.34. The van der Waals surface area contributed by atoms with Gasteiger partial charge in [-0.15, -0.1) is 0 Å². The number of hydrogen-bond acceptors (Lipinski definition) is 4. The van der Waals surface area contributed by atoms with Crippen LogP contribution in [0.1, 0.15) is 49.0 Å². The van der Waals surface area contributed by atoms with E-state index in [0.717, 1.165) is 41.8 Å². The standard InChI is InChI=1S/C24H29FN2O3/c1-17(28)27-12-2-3-18-15-19(4-9-22(18)27)23(29)16-26-13-10-24(30,11-14-26)20-5-7-21(25)8-6-20/h4-9,15,23,29-30H,2-3,10-14,16H2,1H3. The first-order valence-electron chi connectivity index (χ1n) is 10.7. The van der Waals surface area contributed by atoms with Gasteiger partial charge in [-0.3, -0.25) is 4.79 Å². The van der Waals surface area contributed by atoms with Crippen molar-refractivity contribution in [2.45, 2.75) is 44.3 Å². The van der Waals surface area contributed by atoms with E-state index in [1.54, 1.807) is 24.0 Å². The molecule has 2 aliphatic rings. The molecular formula is C24H29FN2O3. The van der Waals surface area contributed by atoms with E-state index in [1.807, 2.05) is 18.2 Å². The van der Waals surface area contributed by atoms with Crippen molar-refractivity contribution in [1.82, 2.24) is 4.90 Å². The van der Waals surface area contributed by atoms with E-state index in [-0.39, 0.29) is 11.7 Å². The zero-order valence-electron chi connectivity index (χ0n) is 17.4. The van der Waals surface area contributed by atoms with Gasteiger partial charge in [0, 0.05) is 38.8 Å². The zero-order valence-corrected chi connectivity index (χ0v) is 17.4. The van der Waals surface area contributed by atoms with Crippen molar-refractivity contribution in [1.29, 1.82) is 0 Å². The van der Waals surface area contributed by atoms with Gasteiger partial charge < -0.3 is 20.0 Å². The van der Waals surface area contributed by atoms with Gasteiger partial charge in [-0.1, -0.05) is 24.3 Å². The summed E-state index contributed by atoms with van der Waals surface area (Å²) in [7, 11) is 0. The van der Waals surface area contributed by atoms with Gasteiger partial charge >= 0.3 is 0 Å². The topological polar surface area (TPSA) is 64.0 Å². The minimum atomic E-state index is -0.947. The molecule has 1 amide bonds. The molecule has 1 fully saturated rings. The Bertz CT molecular complexity index is 907. The molecule has 2 aromatic carbocycles. The van der Waals surface area contributed by atoms with Crippen LogP contribution in [-0.4, -0.2) is 47.2 Å². The predicted molar refractivity (Wildman–Crippen MR) is 114 cm³/mol. The van der Waals surface area contributed by atoms with Gasteiger partial charge in [0.15, 0.2) is 0 Å². The minimum Gasteiger partial charge on any atom is -0.387 e. The van der Waals surface area contributed by atoms with Crippen LogP contribution in [-0.2, 0) is 16.8 Å². The van der Waals surface area contributed by atoms with Crippen LogP contribution in [0.5, 0.6) is 0 Å². The third-order valence-corrected chi connectivity index (χ3v) is 6.48. The molecule has 30 heavy (non-hydrogen) atoms. The molecule has 1 unspecified atom stereocenters. The van der Waals surface area contributed by atoms with E-state index in [9.17, 15) is 19.4 Å². The molecule has 4 rings (SSSR count). The van der Waals surface area contributed by atoms with Crippen LogP contribution in [0.2, 0.25) is 0 Å². The van der Waals surface area contributed by atoms with E-state index in [2.05, 4.69) is 4.90 Å². The Labute approximate surface area is 176 Å². The van der Waals surface area contributed by atoms with Crippen LogP contribution in [0, 0.1) is 5.82 Å². The first-order valence-corrected chi connectivity index (χ1v) is 10.7. The molecule has 0 radical (unpaired) electrons. The fraction of sp³-hybridized carbons (Fsp3) is 0.458. The number of hydrogen-bond donors (Lipinski definition) is 2. The Morgan fingerprint density at radius 3 is 2.50 bits per heavy atom. The normalized spacial score (nSPS) is 19.9. The number of fused-ring (bicyclic) bond motifs is 1. The molecule has 2 aliphatic heterocycles. The Kier molecular flexibility index (Phi) is 5.91. The van der Waals surface area contributed by atoms with Gasteiger partial charge in [-0.2, -0.15) is 0 Å². The molecule has 5 nitrogen and oxygen atoms in total. The van der Waals surface area contributed by atoms with E-state index < -0.39 is 11.7 Å². The van der Waals surface area contributed by atoms with Crippen LogP contribution in [0.4, 0.5) is 10.1 Å². The maximum absolute atomic E-state index is 13.2. The highest BCUT2D eigenvalue weighted by Crippen LogP contribution is 2.34. The SMILES string of the molecule is CC(=O)N1CCCc2cc(C(O)CN3CCC(O)(c4ccc(F)cc4)CC3)ccc21. The molecular weight excluding hydrogens is 383 g/mol. The number of carbonyl (C=O) groups is 1. The van der Waals surface area contributed by atoms with E-state index in [4.69, 9.17) is 0 Å². The predicted octanol–water partition coefficient (Wildman–Crippen LogP) is 3.14. The summed E-state index contributed by atoms with van der Waals surface area (Å²) < 4.78 is 13.2. The lowest BCUT2D eigenvalue weighted by atomic mass is 9.84. The summed E-state index contributed by atoms with van der Waals surface area (Å²) >= 11 is 0. The molecule has 160 valence electrons. The molecule has 2 aromatic rings. The summed E-state index contributed by atoms with van der Waals surface area (Å²) in [6.07, 6.45) is 2.31. The maximum Gasteiger partial charge on any atom is 0.223 e. The number of halogens is 1. The van der Waals surface area contributed by atoms with E-state index in [1.165, 1.54) is 12.1 Å². The Morgan fingerprint density at radius 1 is 1.13 bits per heavy atom. The third kappa shape index (κ3) is 4.26. The van der Waals surface area contributed by atoms with Gasteiger partial charge in [0.25, 0.3) is 0 Å². The number of amides is 1. The van der Waals surface area contributed by atoms with Gasteiger partial charge in [0.05, 0.1) is 11.7 Å². The van der Waals surface area contributed by atoms with Crippen molar-refractivity contribution in [3.63, 3.8) is 0 Å². The average Bonchev–Trinajstić information content (AvgIpc) is 2.75. The van der Waals surface area contributed by atoms with Crippen LogP contribution < -0.4 is 4.90 Å². The van der Waals surface area contributed by atoms with E-state index >= 15 is 0 Å². The molecule has 0 bridgehead atoms. The number of nitrogens with zero attached hydrogens (tertiary/aromatic N) is 2. The summed E-state index contributed by atoms with van der Waals surface area (Å²) in [5.74, 6) is -0.259. The minimum absolute atomic E-state index is 0.0474. The van der Waals surface area contributed by atoms with Crippen molar-refractivity contribution in [2.75, 3.05) is 31.1 Å². The summed E-state index contributed by atoms with van der Waals surface area (Å²) in [6.45, 7) is 4.15. The van der Waals surface area contributed by atoms with Crippen molar-refractivity contribution in [3.8, 4) is 0 Å². The van der Waals surface area contributed by atoms with Crippen LogP contribution in [0.3, 0.4) is 0 Å². The summed E-state index contributed by atoms with van der Waals surface area (Å²) in [5.41, 5.74) is 2.72. The molecule has 0 aromatic heterocycles. The fourth-order valence-electron chi connectivity index (χ4n) is 4.66. The first kappa shape index (κ1) is 21.0. The number of aryl methyl sites for hydroxylation is 1. The third-order valence-electron chi connectivity index (χ3n) is 6.48. The van der Waals surface area contributed by atoms with Crippen molar-refractivity contribution >= 4 is 11.6 Å². The Morgan fingerprint density at radius 2 is 1.83 bits per heavy atom. The molecule has 0 saturated carbocycles. The Hall–Kier alpha value is -2.28. The van der Waals surface area contributed by atoms with Gasteiger partial charge in [-0.05, 0) is 60.6 Å². The molecule has 6 heteroatoms. The fourth-order valence-corrected chi connectivity index (χ4v) is 4.66. The van der Waals surface area contributed by atoms with Crippen molar-refractivity contribution < 1.29 is 19.4 Å². The number of aliphatic hydroxyl groups excluding tert-OH is 1. The van der Waals surface area contributed by atoms with Gasteiger partial charge in [0.1, 0.15) is 5.82 Å². The second-order valence-electron chi connectivity index (χ2n) is 8.52. The molecule has 2 N–H and O–H groups in total. The first-order chi connectivity index (χ1) is 14.4. The van der Waals surface area contributed by atoms with Crippen LogP contribution in [0.25, 0.3) is 0 Å². The zero-order chi connectivity index (χ0) is 21.3. The maximum atomic E-state index is 13.2. The highest BCUT2D eigenvalue weighted by atomic mass is 19.1. The molecule has 2 heterocycles. The number of likely N-dealkylation sites (tertiary alicyclic amines) is 1. The molecule has 1 saturated heterocycles. The highest BCUT2D eigenvalue weighted by molar-refractivity contribution is 5.92. The molecule has 0 spiro atoms. The van der Waals surface area contributed by atoms with E-state index in [0.29, 0.717) is 32.5 Å². The number of carbonyl (C=O) groups excluding carboxylic acids is 1. The quantitative estimate of drug-likeness (QED) is 0.810. The van der Waals surface area contributed by atoms with Crippen molar-refractivity contribution in [2.24, 2.45) is 0 Å². The summed E-state index contributed by atoms with van der Waals surface area (Å²) in [6, 6.07) is 11.9. The second kappa shape index (κ2) is 8.46. The molecule has 0 aliphatic carbocycles. The number of rotatable bonds is 4. The second-order valence-corrected chi connectivity index (χ2v) is 8.52. The lowest BCUT2D eigenvalue weighted by Gasteiger charge is -2.39. The number of benzene rings is 2. The number of β-amino-alcohol motifs (C(OH)–C–C–N with tert-alkyl or cyclic N) is 1. The summed E-state index contributed by atoms with van der Waals surface area (Å²) in [5, 5.41) is 21.8. The Balaban J connectivity index is 1.39. The smallest absolute Gasteiger partial charge is 0.223 e.